The first-order valence-electron chi connectivity index (χ1n) is 8.23. The van der Waals surface area contributed by atoms with E-state index in [9.17, 15) is 33.6 Å². The van der Waals surface area contributed by atoms with Crippen LogP contribution in [0.15, 0.2) is 4.79 Å². The van der Waals surface area contributed by atoms with Crippen LogP contribution in [0.4, 0.5) is 5.95 Å². The van der Waals surface area contributed by atoms with E-state index in [2.05, 4.69) is 28.1 Å². The van der Waals surface area contributed by atoms with Gasteiger partial charge in [0.05, 0.1) is 6.61 Å². The Morgan fingerprint density at radius 3 is 2.33 bits per heavy atom. The van der Waals surface area contributed by atoms with Gasteiger partial charge in [0.25, 0.3) is 5.56 Å². The van der Waals surface area contributed by atoms with E-state index >= 15 is 0 Å². The third kappa shape index (κ3) is 6.05. The molecule has 0 saturated carbocycles. The Kier molecular flexibility index (Phi) is 7.24. The topological polar surface area (TPSA) is 299 Å². The molecule has 2 unspecified atom stereocenters. The highest BCUT2D eigenvalue weighted by Gasteiger charge is 2.47. The molecule has 23 heteroatoms. The molecule has 3 heterocycles. The van der Waals surface area contributed by atoms with E-state index in [1.807, 2.05) is 0 Å². The zero-order valence-electron chi connectivity index (χ0n) is 15.6. The maximum Gasteiger partial charge on any atom is 0.490 e. The molecular weight excluding hydrogens is 543 g/mol. The van der Waals surface area contributed by atoms with Crippen molar-refractivity contribution < 1.29 is 61.4 Å². The van der Waals surface area contributed by atoms with Gasteiger partial charge in [0, 0.05) is 0 Å². The van der Waals surface area contributed by atoms with Gasteiger partial charge in [-0.3, -0.25) is 18.9 Å². The molecule has 0 spiro atoms. The number of aromatic amines is 1. The van der Waals surface area contributed by atoms with Gasteiger partial charge in [-0.1, -0.05) is 0 Å². The number of hydrogen-bond acceptors (Lipinski definition) is 13. The number of phosphoric ester groups is 1. The SMILES string of the molecule is Nc1nc2c(nc(Cl)n2[C@@H]2O[C@H](COP(=O)(O)OP(=O)(O)OP(=O)(O)O)[C@@H](O)[C@H]2O)c(=O)[nH]1. The van der Waals surface area contributed by atoms with E-state index in [0.717, 1.165) is 4.57 Å². The van der Waals surface area contributed by atoms with Gasteiger partial charge < -0.3 is 40.3 Å². The summed E-state index contributed by atoms with van der Waals surface area (Å²) in [6.07, 6.45) is -6.74. The molecule has 19 nitrogen and oxygen atoms in total. The average Bonchev–Trinajstić information content (AvgIpc) is 3.07. The highest BCUT2D eigenvalue weighted by Crippen LogP contribution is 2.66. The number of ether oxygens (including phenoxy) is 1. The molecule has 0 aromatic carbocycles. The molecule has 1 aliphatic heterocycles. The van der Waals surface area contributed by atoms with Crippen molar-refractivity contribution in [2.75, 3.05) is 12.3 Å². The minimum Gasteiger partial charge on any atom is -0.387 e. The van der Waals surface area contributed by atoms with Gasteiger partial charge in [0.15, 0.2) is 17.4 Å². The van der Waals surface area contributed by atoms with Crippen molar-refractivity contribution in [1.29, 1.82) is 0 Å². The van der Waals surface area contributed by atoms with Gasteiger partial charge in [-0.15, -0.1) is 0 Å². The molecule has 3 rings (SSSR count). The lowest BCUT2D eigenvalue weighted by Crippen LogP contribution is -2.33. The predicted molar refractivity (Wildman–Crippen MR) is 103 cm³/mol. The number of rotatable bonds is 8. The van der Waals surface area contributed by atoms with Crippen molar-refractivity contribution in [1.82, 2.24) is 19.5 Å². The van der Waals surface area contributed by atoms with Crippen molar-refractivity contribution in [3.05, 3.63) is 15.6 Å². The van der Waals surface area contributed by atoms with Crippen LogP contribution in [-0.4, -0.2) is 74.2 Å². The first kappa shape index (κ1) is 26.3. The first-order chi connectivity index (χ1) is 15.0. The Morgan fingerprint density at radius 2 is 1.73 bits per heavy atom. The predicted octanol–water partition coefficient (Wildman–Crippen LogP) is -1.68. The van der Waals surface area contributed by atoms with Gasteiger partial charge in [-0.25, -0.2) is 18.7 Å². The summed E-state index contributed by atoms with van der Waals surface area (Å²) in [6, 6.07) is 0. The van der Waals surface area contributed by atoms with E-state index < -0.39 is 65.5 Å². The molecule has 1 saturated heterocycles. The van der Waals surface area contributed by atoms with Crippen molar-refractivity contribution >= 4 is 52.2 Å². The van der Waals surface area contributed by atoms with Crippen LogP contribution in [0.3, 0.4) is 0 Å². The molecule has 1 fully saturated rings. The number of nitrogens with zero attached hydrogens (tertiary/aromatic N) is 3. The lowest BCUT2D eigenvalue weighted by molar-refractivity contribution is -0.0501. The fourth-order valence-electron chi connectivity index (χ4n) is 2.75. The number of nitrogen functional groups attached to an aromatic ring is 1. The van der Waals surface area contributed by atoms with Gasteiger partial charge in [0.2, 0.25) is 11.2 Å². The minimum atomic E-state index is -5.76. The van der Waals surface area contributed by atoms with Crippen LogP contribution in [-0.2, 0) is 31.6 Å². The number of aliphatic hydroxyl groups is 2. The summed E-state index contributed by atoms with van der Waals surface area (Å²) in [6.45, 7) is -1.06. The van der Waals surface area contributed by atoms with Crippen molar-refractivity contribution in [2.45, 2.75) is 24.5 Å². The van der Waals surface area contributed by atoms with Crippen LogP contribution >= 0.6 is 35.1 Å². The highest BCUT2D eigenvalue weighted by atomic mass is 35.5. The summed E-state index contributed by atoms with van der Waals surface area (Å²) in [5, 5.41) is 20.1. The van der Waals surface area contributed by atoms with Crippen molar-refractivity contribution in [3.63, 3.8) is 0 Å². The molecule has 2 aromatic rings. The normalized spacial score (nSPS) is 27.5. The van der Waals surface area contributed by atoms with Crippen LogP contribution < -0.4 is 11.3 Å². The van der Waals surface area contributed by atoms with Crippen molar-refractivity contribution in [2.24, 2.45) is 0 Å². The molecule has 1 aliphatic rings. The molecule has 33 heavy (non-hydrogen) atoms. The zero-order valence-corrected chi connectivity index (χ0v) is 19.0. The molecular formula is C10H15ClN5O14P3. The number of aliphatic hydroxyl groups excluding tert-OH is 2. The van der Waals surface area contributed by atoms with Gasteiger partial charge >= 0.3 is 23.5 Å². The van der Waals surface area contributed by atoms with Crippen LogP contribution in [0.5, 0.6) is 0 Å². The lowest BCUT2D eigenvalue weighted by atomic mass is 10.1. The fourth-order valence-corrected chi connectivity index (χ4v) is 6.04. The molecule has 0 amide bonds. The van der Waals surface area contributed by atoms with Gasteiger partial charge in [0.1, 0.15) is 18.3 Å². The number of aromatic nitrogens is 4. The third-order valence-electron chi connectivity index (χ3n) is 3.94. The standard InChI is InChI=1S/C10H15ClN5O14P3/c11-9-13-3-6(14-10(12)15-7(3)19)16(9)8-5(18)4(17)2(28-8)1-27-32(23,24)30-33(25,26)29-31(20,21)22/h2,4-5,8,17-18H,1H2,(H,23,24)(H,25,26)(H2,20,21,22)(H3,12,14,15,19)/t2-,4-,5-,8-/m1/s1. The summed E-state index contributed by atoms with van der Waals surface area (Å²) < 4.78 is 51.5. The van der Waals surface area contributed by atoms with E-state index in [0.29, 0.717) is 0 Å². The number of anilines is 1. The third-order valence-corrected chi connectivity index (χ3v) is 8.00. The molecule has 186 valence electrons. The van der Waals surface area contributed by atoms with Gasteiger partial charge in [-0.2, -0.15) is 13.6 Å². The van der Waals surface area contributed by atoms with E-state index in [-0.39, 0.29) is 17.1 Å². The largest absolute Gasteiger partial charge is 0.490 e. The number of fused-ring (bicyclic) bond motifs is 1. The Bertz CT molecular complexity index is 1260. The Balaban J connectivity index is 1.77. The average molecular weight is 558 g/mol. The molecule has 0 bridgehead atoms. The summed E-state index contributed by atoms with van der Waals surface area (Å²) >= 11 is 5.98. The van der Waals surface area contributed by atoms with Crippen LogP contribution in [0, 0.1) is 0 Å². The van der Waals surface area contributed by atoms with E-state index in [1.165, 1.54) is 0 Å². The van der Waals surface area contributed by atoms with E-state index in [4.69, 9.17) is 36.8 Å². The zero-order chi connectivity index (χ0) is 24.9. The summed E-state index contributed by atoms with van der Waals surface area (Å²) in [5.41, 5.74) is 4.20. The van der Waals surface area contributed by atoms with Gasteiger partial charge in [-0.05, 0) is 11.6 Å². The number of phosphoric acid groups is 3. The number of nitrogens with two attached hydrogens (primary N) is 1. The summed E-state index contributed by atoms with van der Waals surface area (Å²) in [5.74, 6) is -0.331. The maximum atomic E-state index is 11.9. The van der Waals surface area contributed by atoms with E-state index in [1.54, 1.807) is 0 Å². The fraction of sp³-hybridized carbons (Fsp3) is 0.500. The summed E-state index contributed by atoms with van der Waals surface area (Å²) in [4.78, 5) is 57.3. The number of H-pyrrole nitrogens is 1. The Morgan fingerprint density at radius 1 is 1.09 bits per heavy atom. The molecule has 0 aliphatic carbocycles. The molecule has 2 aromatic heterocycles. The Hall–Kier alpha value is -1.27. The Labute approximate surface area is 186 Å². The highest BCUT2D eigenvalue weighted by molar-refractivity contribution is 7.66. The van der Waals surface area contributed by atoms with Crippen LogP contribution in [0.1, 0.15) is 6.23 Å². The number of nitrogens with one attached hydrogen (secondary N) is 1. The molecule has 9 N–H and O–H groups in total. The second-order valence-corrected chi connectivity index (χ2v) is 11.1. The lowest BCUT2D eigenvalue weighted by Gasteiger charge is -2.19. The first-order valence-corrected chi connectivity index (χ1v) is 13.1. The minimum absolute atomic E-state index is 0.231. The molecule has 6 atom stereocenters. The second kappa shape index (κ2) is 9.07. The number of halogens is 1. The monoisotopic (exact) mass is 557 g/mol. The maximum absolute atomic E-state index is 11.9. The second-order valence-electron chi connectivity index (χ2n) is 6.31. The van der Waals surface area contributed by atoms with Crippen LogP contribution in [0.25, 0.3) is 11.2 Å². The van der Waals surface area contributed by atoms with Crippen molar-refractivity contribution in [3.8, 4) is 0 Å². The summed E-state index contributed by atoms with van der Waals surface area (Å²) in [7, 11) is -16.9. The number of hydrogen-bond donors (Lipinski definition) is 8. The molecule has 0 radical (unpaired) electrons. The quantitative estimate of drug-likeness (QED) is 0.133. The number of imidazole rings is 1. The smallest absolute Gasteiger partial charge is 0.387 e. The van der Waals surface area contributed by atoms with Crippen LogP contribution in [0.2, 0.25) is 5.28 Å².